The summed E-state index contributed by atoms with van der Waals surface area (Å²) in [6.07, 6.45) is 1.19. The Labute approximate surface area is 105 Å². The molecule has 0 bridgehead atoms. The van der Waals surface area contributed by atoms with Gasteiger partial charge in [-0.3, -0.25) is 0 Å². The summed E-state index contributed by atoms with van der Waals surface area (Å²) in [6, 6.07) is 0. The summed E-state index contributed by atoms with van der Waals surface area (Å²) in [5, 5.41) is 3.39. The molecule has 1 N–H and O–H groups in total. The van der Waals surface area contributed by atoms with Gasteiger partial charge >= 0.3 is 0 Å². The number of hydrogen-bond donors (Lipinski definition) is 1. The van der Waals surface area contributed by atoms with Crippen LogP contribution >= 0.6 is 0 Å². The van der Waals surface area contributed by atoms with Crippen molar-refractivity contribution in [1.82, 2.24) is 5.32 Å². The molecule has 0 aromatic carbocycles. The Morgan fingerprint density at radius 2 is 2.06 bits per heavy atom. The monoisotopic (exact) mass is 245 g/mol. The van der Waals surface area contributed by atoms with Gasteiger partial charge in [-0.25, -0.2) is 0 Å². The first-order valence-corrected chi connectivity index (χ1v) is 6.73. The fraction of sp³-hybridized carbons (Fsp3) is 1.00. The molecule has 1 unspecified atom stereocenters. The minimum absolute atomic E-state index is 0.602. The van der Waals surface area contributed by atoms with Crippen LogP contribution in [0.1, 0.15) is 20.3 Å². The second kappa shape index (κ2) is 9.83. The first-order valence-electron chi connectivity index (χ1n) is 6.73. The standard InChI is InChI=1S/C13H27NO3/c1-12(2)10-17-8-7-15-6-4-14-9-13-3-5-16-11-13/h12-14H,3-11H2,1-2H3. The molecule has 1 rings (SSSR count). The van der Waals surface area contributed by atoms with Gasteiger partial charge in [-0.05, 0) is 18.3 Å². The summed E-state index contributed by atoms with van der Waals surface area (Å²) in [5.41, 5.74) is 0. The maximum absolute atomic E-state index is 5.46. The van der Waals surface area contributed by atoms with Gasteiger partial charge in [-0.15, -0.1) is 0 Å². The van der Waals surface area contributed by atoms with Gasteiger partial charge in [0.1, 0.15) is 0 Å². The quantitative estimate of drug-likeness (QED) is 0.589. The van der Waals surface area contributed by atoms with Crippen LogP contribution in [0.4, 0.5) is 0 Å². The van der Waals surface area contributed by atoms with Gasteiger partial charge in [0.15, 0.2) is 0 Å². The van der Waals surface area contributed by atoms with E-state index in [0.29, 0.717) is 25.0 Å². The normalized spacial score (nSPS) is 20.3. The molecule has 0 saturated carbocycles. The van der Waals surface area contributed by atoms with Crippen LogP contribution in [0.25, 0.3) is 0 Å². The molecule has 0 aliphatic carbocycles. The summed E-state index contributed by atoms with van der Waals surface area (Å²) in [7, 11) is 0. The molecule has 0 spiro atoms. The van der Waals surface area contributed by atoms with Crippen LogP contribution in [0, 0.1) is 11.8 Å². The summed E-state index contributed by atoms with van der Waals surface area (Å²) >= 11 is 0. The van der Waals surface area contributed by atoms with E-state index in [1.54, 1.807) is 0 Å². The summed E-state index contributed by atoms with van der Waals surface area (Å²) in [5.74, 6) is 1.30. The van der Waals surface area contributed by atoms with E-state index < -0.39 is 0 Å². The number of hydrogen-bond acceptors (Lipinski definition) is 4. The first-order chi connectivity index (χ1) is 8.29. The zero-order valence-electron chi connectivity index (χ0n) is 11.2. The molecule has 4 nitrogen and oxygen atoms in total. The van der Waals surface area contributed by atoms with Gasteiger partial charge in [-0.1, -0.05) is 13.8 Å². The molecule has 1 aliphatic rings. The first kappa shape index (κ1) is 14.9. The Hall–Kier alpha value is -0.160. The summed E-state index contributed by atoms with van der Waals surface area (Å²) in [6.45, 7) is 11.1. The molecule has 4 heteroatoms. The minimum atomic E-state index is 0.602. The Morgan fingerprint density at radius 3 is 2.76 bits per heavy atom. The molecule has 1 aliphatic heterocycles. The van der Waals surface area contributed by atoms with Crippen molar-refractivity contribution >= 4 is 0 Å². The molecule has 102 valence electrons. The Bertz CT molecular complexity index is 170. The van der Waals surface area contributed by atoms with E-state index >= 15 is 0 Å². The predicted molar refractivity (Wildman–Crippen MR) is 68.3 cm³/mol. The SMILES string of the molecule is CC(C)COCCOCCNCC1CCOC1. The molecule has 0 radical (unpaired) electrons. The smallest absolute Gasteiger partial charge is 0.0701 e. The Kier molecular flexibility index (Phi) is 8.61. The van der Waals surface area contributed by atoms with Crippen molar-refractivity contribution in [2.75, 3.05) is 52.7 Å². The second-order valence-electron chi connectivity index (χ2n) is 5.01. The lowest BCUT2D eigenvalue weighted by Gasteiger charge is -2.10. The topological polar surface area (TPSA) is 39.7 Å². The average Bonchev–Trinajstić information content (AvgIpc) is 2.79. The van der Waals surface area contributed by atoms with Crippen LogP contribution < -0.4 is 5.32 Å². The van der Waals surface area contributed by atoms with E-state index in [0.717, 1.165) is 39.5 Å². The fourth-order valence-electron chi connectivity index (χ4n) is 1.73. The van der Waals surface area contributed by atoms with Gasteiger partial charge < -0.3 is 19.5 Å². The third kappa shape index (κ3) is 8.55. The van der Waals surface area contributed by atoms with Crippen molar-refractivity contribution in [1.29, 1.82) is 0 Å². The van der Waals surface area contributed by atoms with Crippen molar-refractivity contribution in [3.63, 3.8) is 0 Å². The van der Waals surface area contributed by atoms with Crippen LogP contribution in [0.15, 0.2) is 0 Å². The molecule has 1 heterocycles. The molecular formula is C13H27NO3. The molecule has 1 saturated heterocycles. The van der Waals surface area contributed by atoms with E-state index in [2.05, 4.69) is 19.2 Å². The van der Waals surface area contributed by atoms with Gasteiger partial charge in [0, 0.05) is 26.3 Å². The van der Waals surface area contributed by atoms with Crippen molar-refractivity contribution in [2.24, 2.45) is 11.8 Å². The van der Waals surface area contributed by atoms with Crippen molar-refractivity contribution in [3.05, 3.63) is 0 Å². The molecule has 0 aromatic rings. The zero-order chi connectivity index (χ0) is 12.3. The molecular weight excluding hydrogens is 218 g/mol. The Balaban J connectivity index is 1.72. The van der Waals surface area contributed by atoms with Crippen molar-refractivity contribution in [2.45, 2.75) is 20.3 Å². The number of rotatable bonds is 10. The summed E-state index contributed by atoms with van der Waals surface area (Å²) in [4.78, 5) is 0. The lowest BCUT2D eigenvalue weighted by Crippen LogP contribution is -2.27. The maximum atomic E-state index is 5.46. The fourth-order valence-corrected chi connectivity index (χ4v) is 1.73. The molecule has 0 amide bonds. The van der Waals surface area contributed by atoms with E-state index in [-0.39, 0.29) is 0 Å². The van der Waals surface area contributed by atoms with Gasteiger partial charge in [-0.2, -0.15) is 0 Å². The highest BCUT2D eigenvalue weighted by Gasteiger charge is 2.14. The Morgan fingerprint density at radius 1 is 1.24 bits per heavy atom. The highest BCUT2D eigenvalue weighted by atomic mass is 16.5. The zero-order valence-corrected chi connectivity index (χ0v) is 11.2. The lowest BCUT2D eigenvalue weighted by atomic mass is 10.1. The average molecular weight is 245 g/mol. The highest BCUT2D eigenvalue weighted by molar-refractivity contribution is 4.66. The van der Waals surface area contributed by atoms with Crippen LogP contribution in [-0.2, 0) is 14.2 Å². The van der Waals surface area contributed by atoms with Gasteiger partial charge in [0.25, 0.3) is 0 Å². The predicted octanol–water partition coefficient (Wildman–Crippen LogP) is 1.30. The van der Waals surface area contributed by atoms with Crippen LogP contribution in [0.5, 0.6) is 0 Å². The second-order valence-corrected chi connectivity index (χ2v) is 5.01. The molecule has 1 atom stereocenters. The molecule has 0 aromatic heterocycles. The van der Waals surface area contributed by atoms with Gasteiger partial charge in [0.05, 0.1) is 26.4 Å². The molecule has 1 fully saturated rings. The lowest BCUT2D eigenvalue weighted by molar-refractivity contribution is 0.0386. The van der Waals surface area contributed by atoms with Crippen molar-refractivity contribution < 1.29 is 14.2 Å². The van der Waals surface area contributed by atoms with E-state index in [1.165, 1.54) is 6.42 Å². The maximum Gasteiger partial charge on any atom is 0.0701 e. The van der Waals surface area contributed by atoms with E-state index in [1.807, 2.05) is 0 Å². The minimum Gasteiger partial charge on any atom is -0.381 e. The highest BCUT2D eigenvalue weighted by Crippen LogP contribution is 2.10. The van der Waals surface area contributed by atoms with Crippen LogP contribution in [-0.4, -0.2) is 52.7 Å². The third-order valence-corrected chi connectivity index (χ3v) is 2.70. The largest absolute Gasteiger partial charge is 0.381 e. The number of nitrogens with one attached hydrogen (secondary N) is 1. The van der Waals surface area contributed by atoms with Gasteiger partial charge in [0.2, 0.25) is 0 Å². The van der Waals surface area contributed by atoms with Crippen LogP contribution in [0.2, 0.25) is 0 Å². The third-order valence-electron chi connectivity index (χ3n) is 2.70. The number of ether oxygens (including phenoxy) is 3. The van der Waals surface area contributed by atoms with E-state index in [4.69, 9.17) is 14.2 Å². The molecule has 17 heavy (non-hydrogen) atoms. The van der Waals surface area contributed by atoms with Crippen LogP contribution in [0.3, 0.4) is 0 Å². The summed E-state index contributed by atoms with van der Waals surface area (Å²) < 4.78 is 16.2. The van der Waals surface area contributed by atoms with Crippen molar-refractivity contribution in [3.8, 4) is 0 Å². The van der Waals surface area contributed by atoms with E-state index in [9.17, 15) is 0 Å².